The predicted molar refractivity (Wildman–Crippen MR) is 79.8 cm³/mol. The second-order valence-electron chi connectivity index (χ2n) is 5.91. The summed E-state index contributed by atoms with van der Waals surface area (Å²) in [4.78, 5) is 13.2. The Labute approximate surface area is 124 Å². The number of hydrogen-bond donors (Lipinski definition) is 2. The number of carbonyl (C=O) groups excluding carboxylic acids is 1. The van der Waals surface area contributed by atoms with Crippen molar-refractivity contribution in [3.63, 3.8) is 0 Å². The van der Waals surface area contributed by atoms with Gasteiger partial charge in [0.2, 0.25) is 5.91 Å². The minimum Gasteiger partial charge on any atom is -0.394 e. The van der Waals surface area contributed by atoms with Crippen molar-refractivity contribution in [2.75, 3.05) is 13.2 Å². The molecule has 1 saturated carbocycles. The van der Waals surface area contributed by atoms with Crippen molar-refractivity contribution < 1.29 is 14.6 Å². The Balaban J connectivity index is 2.00. The Morgan fingerprint density at radius 1 is 1.60 bits per heavy atom. The molecule has 1 heterocycles. The first kappa shape index (κ1) is 15.5. The quantitative estimate of drug-likeness (QED) is 0.844. The molecule has 1 aliphatic carbocycles. The maximum atomic E-state index is 12.2. The molecule has 112 valence electrons. The van der Waals surface area contributed by atoms with Gasteiger partial charge in [-0.15, -0.1) is 11.3 Å². The van der Waals surface area contributed by atoms with Crippen molar-refractivity contribution in [1.29, 1.82) is 0 Å². The smallest absolute Gasteiger partial charge is 0.225 e. The molecular formula is C15H23NO3S. The van der Waals surface area contributed by atoms with E-state index < -0.39 is 5.54 Å². The van der Waals surface area contributed by atoms with Gasteiger partial charge in [0.1, 0.15) is 0 Å². The molecular weight excluding hydrogens is 274 g/mol. The zero-order valence-electron chi connectivity index (χ0n) is 12.3. The number of aliphatic hydroxyl groups is 1. The van der Waals surface area contributed by atoms with Crippen LogP contribution in [0.3, 0.4) is 0 Å². The Hall–Kier alpha value is -0.910. The molecule has 0 aliphatic heterocycles. The van der Waals surface area contributed by atoms with Crippen LogP contribution >= 0.6 is 11.3 Å². The van der Waals surface area contributed by atoms with Crippen molar-refractivity contribution >= 4 is 17.2 Å². The van der Waals surface area contributed by atoms with Gasteiger partial charge in [0.15, 0.2) is 0 Å². The van der Waals surface area contributed by atoms with Crippen molar-refractivity contribution in [2.45, 2.75) is 45.3 Å². The van der Waals surface area contributed by atoms with E-state index in [1.165, 1.54) is 0 Å². The van der Waals surface area contributed by atoms with Gasteiger partial charge in [0.05, 0.1) is 24.7 Å². The van der Waals surface area contributed by atoms with E-state index in [1.807, 2.05) is 38.3 Å². The highest BCUT2D eigenvalue weighted by atomic mass is 32.1. The van der Waals surface area contributed by atoms with E-state index in [2.05, 4.69) is 5.32 Å². The molecule has 0 aromatic carbocycles. The summed E-state index contributed by atoms with van der Waals surface area (Å²) in [5.74, 6) is -0.0375. The minimum absolute atomic E-state index is 0.0375. The summed E-state index contributed by atoms with van der Waals surface area (Å²) < 4.78 is 5.68. The molecule has 1 amide bonds. The lowest BCUT2D eigenvalue weighted by molar-refractivity contribution is -0.180. The van der Waals surface area contributed by atoms with E-state index in [0.29, 0.717) is 19.4 Å². The van der Waals surface area contributed by atoms with Gasteiger partial charge in [0.25, 0.3) is 0 Å². The standard InChI is InChI=1S/C15H23NO3S/c1-4-19-12-9-15(10-17,14(12,2)3)16-13(18)8-11-6-5-7-20-11/h5-7,12,17H,4,8-10H2,1-3H3,(H,16,18). The fourth-order valence-corrected chi connectivity index (χ4v) is 3.59. The first-order valence-corrected chi connectivity index (χ1v) is 7.89. The van der Waals surface area contributed by atoms with E-state index >= 15 is 0 Å². The molecule has 0 spiro atoms. The molecule has 1 aromatic heterocycles. The lowest BCUT2D eigenvalue weighted by atomic mass is 9.54. The number of thiophene rings is 1. The summed E-state index contributed by atoms with van der Waals surface area (Å²) in [6.45, 7) is 6.64. The van der Waals surface area contributed by atoms with Crippen molar-refractivity contribution in [3.05, 3.63) is 22.4 Å². The third kappa shape index (κ3) is 2.62. The number of rotatable bonds is 6. The average Bonchev–Trinajstić information content (AvgIpc) is 2.89. The van der Waals surface area contributed by atoms with Gasteiger partial charge in [-0.3, -0.25) is 4.79 Å². The van der Waals surface area contributed by atoms with Crippen LogP contribution in [-0.2, 0) is 16.0 Å². The highest BCUT2D eigenvalue weighted by Crippen LogP contribution is 2.51. The van der Waals surface area contributed by atoms with Crippen LogP contribution in [0.5, 0.6) is 0 Å². The predicted octanol–water partition coefficient (Wildman–Crippen LogP) is 1.97. The zero-order chi connectivity index (χ0) is 14.8. The van der Waals surface area contributed by atoms with Gasteiger partial charge >= 0.3 is 0 Å². The van der Waals surface area contributed by atoms with E-state index in [4.69, 9.17) is 4.74 Å². The van der Waals surface area contributed by atoms with E-state index in [-0.39, 0.29) is 24.0 Å². The van der Waals surface area contributed by atoms with Gasteiger partial charge in [-0.25, -0.2) is 0 Å². The Morgan fingerprint density at radius 3 is 2.85 bits per heavy atom. The van der Waals surface area contributed by atoms with Crippen molar-refractivity contribution in [3.8, 4) is 0 Å². The molecule has 1 fully saturated rings. The molecule has 2 atom stereocenters. The van der Waals surface area contributed by atoms with Crippen LogP contribution in [-0.4, -0.2) is 35.9 Å². The fraction of sp³-hybridized carbons (Fsp3) is 0.667. The van der Waals surface area contributed by atoms with Gasteiger partial charge in [0, 0.05) is 23.3 Å². The largest absolute Gasteiger partial charge is 0.394 e. The van der Waals surface area contributed by atoms with E-state index in [0.717, 1.165) is 4.88 Å². The topological polar surface area (TPSA) is 58.6 Å². The Bertz CT molecular complexity index is 458. The first-order chi connectivity index (χ1) is 9.45. The number of aliphatic hydroxyl groups excluding tert-OH is 1. The normalized spacial score (nSPS) is 27.9. The summed E-state index contributed by atoms with van der Waals surface area (Å²) in [7, 11) is 0. The van der Waals surface area contributed by atoms with Crippen LogP contribution in [0.1, 0.15) is 32.1 Å². The van der Waals surface area contributed by atoms with Gasteiger partial charge < -0.3 is 15.2 Å². The molecule has 5 heteroatoms. The maximum Gasteiger partial charge on any atom is 0.225 e. The second-order valence-corrected chi connectivity index (χ2v) is 6.95. The molecule has 1 aliphatic rings. The molecule has 20 heavy (non-hydrogen) atoms. The molecule has 0 bridgehead atoms. The summed E-state index contributed by atoms with van der Waals surface area (Å²) in [6.07, 6.45) is 1.12. The zero-order valence-corrected chi connectivity index (χ0v) is 13.1. The number of amides is 1. The summed E-state index contributed by atoms with van der Waals surface area (Å²) in [6, 6.07) is 3.89. The molecule has 1 aromatic rings. The van der Waals surface area contributed by atoms with Crippen LogP contribution in [0, 0.1) is 5.41 Å². The lowest BCUT2D eigenvalue weighted by Crippen LogP contribution is -2.74. The van der Waals surface area contributed by atoms with Gasteiger partial charge in [-0.05, 0) is 18.4 Å². The molecule has 2 N–H and O–H groups in total. The van der Waals surface area contributed by atoms with Crippen molar-refractivity contribution in [1.82, 2.24) is 5.32 Å². The fourth-order valence-electron chi connectivity index (χ4n) is 2.88. The highest BCUT2D eigenvalue weighted by molar-refractivity contribution is 7.10. The van der Waals surface area contributed by atoms with Crippen LogP contribution in [0.2, 0.25) is 0 Å². The number of hydrogen-bond acceptors (Lipinski definition) is 4. The van der Waals surface area contributed by atoms with Crippen molar-refractivity contribution in [2.24, 2.45) is 5.41 Å². The van der Waals surface area contributed by atoms with Crippen LogP contribution < -0.4 is 5.32 Å². The molecule has 4 nitrogen and oxygen atoms in total. The summed E-state index contributed by atoms with van der Waals surface area (Å²) >= 11 is 1.57. The van der Waals surface area contributed by atoms with Gasteiger partial charge in [-0.1, -0.05) is 19.9 Å². The highest BCUT2D eigenvalue weighted by Gasteiger charge is 2.61. The third-order valence-electron chi connectivity index (χ3n) is 4.50. The SMILES string of the molecule is CCOC1CC(CO)(NC(=O)Cc2cccs2)C1(C)C. The Kier molecular flexibility index (Phi) is 4.52. The first-order valence-electron chi connectivity index (χ1n) is 7.01. The minimum atomic E-state index is -0.568. The average molecular weight is 297 g/mol. The Morgan fingerprint density at radius 2 is 2.35 bits per heavy atom. The summed E-state index contributed by atoms with van der Waals surface area (Å²) in [5, 5.41) is 14.8. The van der Waals surface area contributed by atoms with Gasteiger partial charge in [-0.2, -0.15) is 0 Å². The third-order valence-corrected chi connectivity index (χ3v) is 5.38. The summed E-state index contributed by atoms with van der Waals surface area (Å²) in [5.41, 5.74) is -0.829. The lowest BCUT2D eigenvalue weighted by Gasteiger charge is -2.60. The number of nitrogens with one attached hydrogen (secondary N) is 1. The van der Waals surface area contributed by atoms with E-state index in [1.54, 1.807) is 11.3 Å². The maximum absolute atomic E-state index is 12.2. The molecule has 2 unspecified atom stereocenters. The molecule has 0 saturated heterocycles. The second kappa shape index (κ2) is 5.84. The monoisotopic (exact) mass is 297 g/mol. The van der Waals surface area contributed by atoms with Crippen LogP contribution in [0.15, 0.2) is 17.5 Å². The number of carbonyl (C=O) groups is 1. The van der Waals surface area contributed by atoms with Crippen LogP contribution in [0.4, 0.5) is 0 Å². The molecule has 2 rings (SSSR count). The van der Waals surface area contributed by atoms with E-state index in [9.17, 15) is 9.90 Å². The molecule has 0 radical (unpaired) electrons. The van der Waals surface area contributed by atoms with Crippen LogP contribution in [0.25, 0.3) is 0 Å². The number of ether oxygens (including phenoxy) is 1.